The molecule has 0 radical (unpaired) electrons. The van der Waals surface area contributed by atoms with Gasteiger partial charge in [-0.15, -0.1) is 0 Å². The number of nitrogens with one attached hydrogen (secondary N) is 1. The van der Waals surface area contributed by atoms with Crippen molar-refractivity contribution in [3.8, 4) is 0 Å². The highest BCUT2D eigenvalue weighted by Crippen LogP contribution is 2.28. The number of amides is 1. The highest BCUT2D eigenvalue weighted by Gasteiger charge is 2.32. The molecular weight excluding hydrogens is 428 g/mol. The number of nitrogens with zero attached hydrogens (tertiary/aromatic N) is 3. The molecule has 0 bridgehead atoms. The Morgan fingerprint density at radius 1 is 1.17 bits per heavy atom. The van der Waals surface area contributed by atoms with E-state index in [1.807, 2.05) is 24.3 Å². The third-order valence-corrected chi connectivity index (χ3v) is 7.60. The summed E-state index contributed by atoms with van der Waals surface area (Å²) in [4.78, 5) is 16.8. The summed E-state index contributed by atoms with van der Waals surface area (Å²) in [5.41, 5.74) is 1.32. The van der Waals surface area contributed by atoms with Gasteiger partial charge in [0.25, 0.3) is 0 Å². The van der Waals surface area contributed by atoms with Crippen molar-refractivity contribution in [3.05, 3.63) is 46.3 Å². The van der Waals surface area contributed by atoms with Crippen molar-refractivity contribution in [2.75, 3.05) is 26.2 Å². The van der Waals surface area contributed by atoms with E-state index in [9.17, 15) is 13.2 Å². The standard InChI is InChI=1S/C20H27ClN4O4S/c1-13-19(16(4)29-22-13)30(27,28)23-14(2)20(26)25-11-9-24(10-12-25)15(3)17-7-5-6-8-18(17)21/h5-8,14-15,23H,9-12H2,1-4H3/t14-,15?/m0/s1. The zero-order valence-electron chi connectivity index (χ0n) is 17.6. The number of aromatic nitrogens is 1. The normalized spacial score (nSPS) is 17.7. The van der Waals surface area contributed by atoms with E-state index in [1.165, 1.54) is 6.92 Å². The van der Waals surface area contributed by atoms with Crippen molar-refractivity contribution < 1.29 is 17.7 Å². The first-order valence-corrected chi connectivity index (χ1v) is 11.7. The predicted octanol–water partition coefficient (Wildman–Crippen LogP) is 2.52. The number of sulfonamides is 1. The van der Waals surface area contributed by atoms with Gasteiger partial charge in [-0.25, -0.2) is 8.42 Å². The smallest absolute Gasteiger partial charge is 0.246 e. The van der Waals surface area contributed by atoms with Gasteiger partial charge in [0.15, 0.2) is 5.76 Å². The fourth-order valence-electron chi connectivity index (χ4n) is 3.81. The van der Waals surface area contributed by atoms with Crippen molar-refractivity contribution in [1.82, 2.24) is 19.7 Å². The molecule has 0 saturated carbocycles. The van der Waals surface area contributed by atoms with Crippen LogP contribution in [0.4, 0.5) is 0 Å². The molecule has 1 aromatic carbocycles. The Balaban J connectivity index is 1.60. The zero-order valence-corrected chi connectivity index (χ0v) is 19.1. The van der Waals surface area contributed by atoms with Gasteiger partial charge in [-0.1, -0.05) is 35.0 Å². The molecule has 1 aliphatic heterocycles. The van der Waals surface area contributed by atoms with E-state index in [1.54, 1.807) is 18.7 Å². The molecule has 3 rings (SSSR count). The molecule has 10 heteroatoms. The van der Waals surface area contributed by atoms with E-state index >= 15 is 0 Å². The minimum atomic E-state index is -3.91. The van der Waals surface area contributed by atoms with Gasteiger partial charge in [0.1, 0.15) is 10.6 Å². The summed E-state index contributed by atoms with van der Waals surface area (Å²) in [5, 5.41) is 4.40. The molecule has 1 aliphatic rings. The van der Waals surface area contributed by atoms with Gasteiger partial charge in [0.05, 0.1) is 6.04 Å². The molecule has 0 spiro atoms. The van der Waals surface area contributed by atoms with Crippen LogP contribution in [0.3, 0.4) is 0 Å². The highest BCUT2D eigenvalue weighted by molar-refractivity contribution is 7.89. The molecule has 1 fully saturated rings. The molecule has 1 unspecified atom stereocenters. The Morgan fingerprint density at radius 3 is 2.37 bits per heavy atom. The Bertz CT molecular complexity index is 996. The summed E-state index contributed by atoms with van der Waals surface area (Å²) >= 11 is 6.32. The molecule has 164 valence electrons. The summed E-state index contributed by atoms with van der Waals surface area (Å²) in [6.45, 7) is 9.13. The number of hydrogen-bond donors (Lipinski definition) is 1. The molecule has 1 amide bonds. The van der Waals surface area contributed by atoms with Gasteiger partial charge in [-0.2, -0.15) is 4.72 Å². The lowest BCUT2D eigenvalue weighted by atomic mass is 10.1. The van der Waals surface area contributed by atoms with Crippen LogP contribution in [0, 0.1) is 13.8 Å². The molecule has 1 saturated heterocycles. The summed E-state index contributed by atoms with van der Waals surface area (Å²) < 4.78 is 32.7. The zero-order chi connectivity index (χ0) is 22.1. The lowest BCUT2D eigenvalue weighted by molar-refractivity contribution is -0.134. The minimum Gasteiger partial charge on any atom is -0.360 e. The Kier molecular flexibility index (Phi) is 6.86. The van der Waals surface area contributed by atoms with Gasteiger partial charge in [-0.05, 0) is 39.3 Å². The van der Waals surface area contributed by atoms with Crippen LogP contribution in [-0.2, 0) is 14.8 Å². The maximum Gasteiger partial charge on any atom is 0.246 e. The van der Waals surface area contributed by atoms with Crippen LogP contribution in [-0.4, -0.2) is 61.5 Å². The van der Waals surface area contributed by atoms with Crippen molar-refractivity contribution >= 4 is 27.5 Å². The van der Waals surface area contributed by atoms with Crippen molar-refractivity contribution in [2.45, 2.75) is 44.7 Å². The van der Waals surface area contributed by atoms with Crippen LogP contribution in [0.2, 0.25) is 5.02 Å². The molecule has 1 N–H and O–H groups in total. The second-order valence-corrected chi connectivity index (χ2v) is 9.61. The number of aryl methyl sites for hydroxylation is 2. The molecule has 2 atom stereocenters. The minimum absolute atomic E-state index is 0.0134. The molecule has 2 heterocycles. The molecule has 8 nitrogen and oxygen atoms in total. The molecule has 30 heavy (non-hydrogen) atoms. The van der Waals surface area contributed by atoms with E-state index in [0.29, 0.717) is 26.2 Å². The van der Waals surface area contributed by atoms with Crippen LogP contribution >= 0.6 is 11.6 Å². The molecule has 0 aliphatic carbocycles. The highest BCUT2D eigenvalue weighted by atomic mass is 35.5. The van der Waals surface area contributed by atoms with Gasteiger partial charge in [-0.3, -0.25) is 9.69 Å². The van der Waals surface area contributed by atoms with Gasteiger partial charge in [0, 0.05) is 37.2 Å². The monoisotopic (exact) mass is 454 g/mol. The van der Waals surface area contributed by atoms with Crippen molar-refractivity contribution in [2.24, 2.45) is 0 Å². The van der Waals surface area contributed by atoms with Crippen LogP contribution in [0.15, 0.2) is 33.7 Å². The third kappa shape index (κ3) is 4.69. The maximum absolute atomic E-state index is 12.8. The Morgan fingerprint density at radius 2 is 1.80 bits per heavy atom. The summed E-state index contributed by atoms with van der Waals surface area (Å²) in [6.07, 6.45) is 0. The second-order valence-electron chi connectivity index (χ2n) is 7.56. The average Bonchev–Trinajstić information content (AvgIpc) is 3.06. The number of rotatable bonds is 6. The summed E-state index contributed by atoms with van der Waals surface area (Å²) in [7, 11) is -3.91. The fourth-order valence-corrected chi connectivity index (χ4v) is 5.63. The number of piperazine rings is 1. The summed E-state index contributed by atoms with van der Waals surface area (Å²) in [5.74, 6) is -0.0581. The Hall–Kier alpha value is -1.94. The largest absolute Gasteiger partial charge is 0.360 e. The van der Waals surface area contributed by atoms with Crippen LogP contribution in [0.25, 0.3) is 0 Å². The van der Waals surface area contributed by atoms with E-state index in [4.69, 9.17) is 16.1 Å². The number of carbonyl (C=O) groups excluding carboxylic acids is 1. The lowest BCUT2D eigenvalue weighted by Crippen LogP contribution is -2.54. The van der Waals surface area contributed by atoms with E-state index in [2.05, 4.69) is 21.7 Å². The van der Waals surface area contributed by atoms with E-state index < -0.39 is 16.1 Å². The van der Waals surface area contributed by atoms with Gasteiger partial charge >= 0.3 is 0 Å². The van der Waals surface area contributed by atoms with Gasteiger partial charge < -0.3 is 9.42 Å². The predicted molar refractivity (Wildman–Crippen MR) is 114 cm³/mol. The second kappa shape index (κ2) is 9.05. The summed E-state index contributed by atoms with van der Waals surface area (Å²) in [6, 6.07) is 6.99. The van der Waals surface area contributed by atoms with E-state index in [0.717, 1.165) is 10.6 Å². The number of carbonyl (C=O) groups is 1. The molecule has 2 aromatic rings. The van der Waals surface area contributed by atoms with Crippen molar-refractivity contribution in [1.29, 1.82) is 0 Å². The molecule has 1 aromatic heterocycles. The third-order valence-electron chi connectivity index (χ3n) is 5.47. The molecular formula is C20H27ClN4O4S. The number of hydrogen-bond acceptors (Lipinski definition) is 6. The first-order valence-electron chi connectivity index (χ1n) is 9.84. The van der Waals surface area contributed by atoms with Crippen molar-refractivity contribution in [3.63, 3.8) is 0 Å². The quantitative estimate of drug-likeness (QED) is 0.720. The lowest BCUT2D eigenvalue weighted by Gasteiger charge is -2.39. The fraction of sp³-hybridized carbons (Fsp3) is 0.500. The topological polar surface area (TPSA) is 95.8 Å². The van der Waals surface area contributed by atoms with Crippen LogP contribution < -0.4 is 4.72 Å². The number of halogens is 1. The first kappa shape index (κ1) is 22.7. The van der Waals surface area contributed by atoms with E-state index in [-0.39, 0.29) is 28.3 Å². The SMILES string of the molecule is Cc1noc(C)c1S(=O)(=O)N[C@@H](C)C(=O)N1CCN(C(C)c2ccccc2Cl)CC1. The van der Waals surface area contributed by atoms with Gasteiger partial charge in [0.2, 0.25) is 15.9 Å². The average molecular weight is 455 g/mol. The Labute approximate surface area is 182 Å². The first-order chi connectivity index (χ1) is 14.1. The van der Waals surface area contributed by atoms with Crippen LogP contribution in [0.1, 0.15) is 36.9 Å². The maximum atomic E-state index is 12.8. The van der Waals surface area contributed by atoms with Crippen LogP contribution in [0.5, 0.6) is 0 Å². The number of benzene rings is 1.